The molecular formula is C54H32N2O3. The lowest BCUT2D eigenvalue weighted by Crippen LogP contribution is -2.10. The zero-order valence-electron chi connectivity index (χ0n) is 31.6. The zero-order valence-corrected chi connectivity index (χ0v) is 31.6. The van der Waals surface area contributed by atoms with Crippen molar-refractivity contribution in [3.8, 4) is 16.8 Å². The van der Waals surface area contributed by atoms with E-state index in [0.717, 1.165) is 111 Å². The van der Waals surface area contributed by atoms with Crippen LogP contribution in [0.25, 0.3) is 104 Å². The Morgan fingerprint density at radius 2 is 0.932 bits per heavy atom. The number of hydrogen-bond acceptors (Lipinski definition) is 4. The lowest BCUT2D eigenvalue weighted by Gasteiger charge is -2.26. The highest BCUT2D eigenvalue weighted by molar-refractivity contribution is 6.23. The van der Waals surface area contributed by atoms with Crippen LogP contribution in [0.2, 0.25) is 0 Å². The van der Waals surface area contributed by atoms with E-state index >= 15 is 0 Å². The van der Waals surface area contributed by atoms with Gasteiger partial charge >= 0.3 is 0 Å². The van der Waals surface area contributed by atoms with Crippen LogP contribution in [-0.4, -0.2) is 4.57 Å². The van der Waals surface area contributed by atoms with E-state index in [9.17, 15) is 0 Å². The van der Waals surface area contributed by atoms with Crippen LogP contribution in [0.4, 0.5) is 17.1 Å². The minimum absolute atomic E-state index is 0.775. The maximum absolute atomic E-state index is 7.21. The van der Waals surface area contributed by atoms with Gasteiger partial charge in [0.15, 0.2) is 11.2 Å². The summed E-state index contributed by atoms with van der Waals surface area (Å²) in [5.41, 5.74) is 13.3. The molecule has 0 spiro atoms. The van der Waals surface area contributed by atoms with Crippen molar-refractivity contribution in [3.63, 3.8) is 0 Å². The number of aromatic nitrogens is 1. The minimum Gasteiger partial charge on any atom is -0.456 e. The van der Waals surface area contributed by atoms with Crippen molar-refractivity contribution < 1.29 is 13.3 Å². The third kappa shape index (κ3) is 4.67. The Hall–Kier alpha value is -8.02. The number of anilines is 3. The first-order valence-corrected chi connectivity index (χ1v) is 19.9. The molecule has 4 heterocycles. The molecule has 0 saturated heterocycles. The molecule has 0 atom stereocenters. The highest BCUT2D eigenvalue weighted by atomic mass is 16.3. The van der Waals surface area contributed by atoms with Gasteiger partial charge in [-0.2, -0.15) is 0 Å². The topological polar surface area (TPSA) is 47.6 Å². The number of fused-ring (bicyclic) bond motifs is 12. The van der Waals surface area contributed by atoms with Crippen molar-refractivity contribution >= 4 is 105 Å². The van der Waals surface area contributed by atoms with Crippen molar-refractivity contribution in [2.24, 2.45) is 0 Å². The van der Waals surface area contributed by atoms with Gasteiger partial charge in [0.2, 0.25) is 0 Å². The number of furan rings is 3. The largest absolute Gasteiger partial charge is 0.456 e. The highest BCUT2D eigenvalue weighted by Gasteiger charge is 2.26. The number of nitrogens with zero attached hydrogens (tertiary/aromatic N) is 2. The van der Waals surface area contributed by atoms with Gasteiger partial charge in [0.1, 0.15) is 28.0 Å². The molecule has 5 heteroatoms. The Labute approximate surface area is 337 Å². The summed E-state index contributed by atoms with van der Waals surface area (Å²) in [5.74, 6) is 0. The Bertz CT molecular complexity index is 3750. The molecule has 0 aliphatic heterocycles. The summed E-state index contributed by atoms with van der Waals surface area (Å²) in [6, 6.07) is 68.1. The lowest BCUT2D eigenvalue weighted by molar-refractivity contribution is 0.662. The third-order valence-electron chi connectivity index (χ3n) is 12.0. The summed E-state index contributed by atoms with van der Waals surface area (Å²) in [6.07, 6.45) is 0. The van der Waals surface area contributed by atoms with E-state index in [2.05, 4.69) is 179 Å². The van der Waals surface area contributed by atoms with E-state index in [-0.39, 0.29) is 0 Å². The molecule has 0 fully saturated rings. The average molecular weight is 757 g/mol. The molecule has 276 valence electrons. The van der Waals surface area contributed by atoms with Crippen LogP contribution in [0.1, 0.15) is 0 Å². The standard InChI is InChI=1S/C54H32N2O3/c1-2-14-33(15-3-1)34-16-12-17-35(30-34)55(46-25-13-22-41-39-20-6-10-26-47(39)58-53(41)46)36-28-29-40-43-32-50-51(42-21-7-11-27-48(42)57-50)52(54(43)59-49(40)31-36)56-44-23-8-4-18-37(44)38-19-5-9-24-45(38)56/h1-32H. The van der Waals surface area contributed by atoms with E-state index in [1.165, 1.54) is 10.8 Å². The van der Waals surface area contributed by atoms with Crippen molar-refractivity contribution in [1.29, 1.82) is 0 Å². The number of benzene rings is 9. The fourth-order valence-corrected chi connectivity index (χ4v) is 9.39. The molecule has 9 aromatic carbocycles. The number of hydrogen-bond donors (Lipinski definition) is 0. The second kappa shape index (κ2) is 12.2. The Kier molecular flexibility index (Phi) is 6.66. The SMILES string of the molecule is c1ccc(-c2cccc(N(c3ccc4c(c3)oc3c(-n5c6ccccc6c6ccccc65)c5c(cc34)oc3ccccc35)c3cccc4c3oc3ccccc34)c2)cc1. The quantitative estimate of drug-likeness (QED) is 0.175. The van der Waals surface area contributed by atoms with Crippen LogP contribution < -0.4 is 4.90 Å². The van der Waals surface area contributed by atoms with Gasteiger partial charge in [0.25, 0.3) is 0 Å². The van der Waals surface area contributed by atoms with Gasteiger partial charge in [-0.1, -0.05) is 127 Å². The summed E-state index contributed by atoms with van der Waals surface area (Å²) < 4.78 is 22.9. The van der Waals surface area contributed by atoms with Gasteiger partial charge in [0.05, 0.1) is 27.8 Å². The maximum atomic E-state index is 7.21. The molecule has 13 aromatic rings. The molecule has 0 N–H and O–H groups in total. The first kappa shape index (κ1) is 32.1. The molecule has 0 amide bonds. The Morgan fingerprint density at radius 1 is 0.339 bits per heavy atom. The predicted octanol–water partition coefficient (Wildman–Crippen LogP) is 15.6. The summed E-state index contributed by atoms with van der Waals surface area (Å²) in [5, 5.41) is 8.60. The molecule has 13 rings (SSSR count). The Morgan fingerprint density at radius 3 is 1.73 bits per heavy atom. The minimum atomic E-state index is 0.775. The summed E-state index contributed by atoms with van der Waals surface area (Å²) >= 11 is 0. The average Bonchev–Trinajstić information content (AvgIpc) is 4.05. The van der Waals surface area contributed by atoms with Gasteiger partial charge in [-0.15, -0.1) is 0 Å². The first-order chi connectivity index (χ1) is 29.3. The van der Waals surface area contributed by atoms with E-state index in [0.29, 0.717) is 0 Å². The zero-order chi connectivity index (χ0) is 38.6. The number of para-hydroxylation sites is 5. The van der Waals surface area contributed by atoms with Crippen molar-refractivity contribution in [2.75, 3.05) is 4.90 Å². The maximum Gasteiger partial charge on any atom is 0.160 e. The van der Waals surface area contributed by atoms with Gasteiger partial charge in [-0.05, 0) is 71.8 Å². The fourth-order valence-electron chi connectivity index (χ4n) is 9.39. The van der Waals surface area contributed by atoms with Crippen LogP contribution in [-0.2, 0) is 0 Å². The number of rotatable bonds is 5. The highest BCUT2D eigenvalue weighted by Crippen LogP contribution is 2.48. The van der Waals surface area contributed by atoms with Gasteiger partial charge in [0, 0.05) is 49.5 Å². The van der Waals surface area contributed by atoms with Gasteiger partial charge < -0.3 is 22.7 Å². The summed E-state index contributed by atoms with van der Waals surface area (Å²) in [7, 11) is 0. The molecule has 59 heavy (non-hydrogen) atoms. The van der Waals surface area contributed by atoms with Crippen LogP contribution in [0, 0.1) is 0 Å². The smallest absolute Gasteiger partial charge is 0.160 e. The van der Waals surface area contributed by atoms with Gasteiger partial charge in [-0.25, -0.2) is 0 Å². The van der Waals surface area contributed by atoms with Crippen molar-refractivity contribution in [1.82, 2.24) is 4.57 Å². The van der Waals surface area contributed by atoms with E-state index in [1.54, 1.807) is 0 Å². The second-order valence-corrected chi connectivity index (χ2v) is 15.2. The van der Waals surface area contributed by atoms with Crippen molar-refractivity contribution in [3.05, 3.63) is 194 Å². The molecule has 0 unspecified atom stereocenters. The van der Waals surface area contributed by atoms with Crippen LogP contribution in [0.3, 0.4) is 0 Å². The van der Waals surface area contributed by atoms with Crippen LogP contribution in [0.15, 0.2) is 207 Å². The molecule has 0 saturated carbocycles. The molecule has 0 bridgehead atoms. The third-order valence-corrected chi connectivity index (χ3v) is 12.0. The molecule has 4 aromatic heterocycles. The molecule has 0 aliphatic carbocycles. The fraction of sp³-hybridized carbons (Fsp3) is 0. The molecular weight excluding hydrogens is 725 g/mol. The predicted molar refractivity (Wildman–Crippen MR) is 243 cm³/mol. The van der Waals surface area contributed by atoms with Crippen LogP contribution in [0.5, 0.6) is 0 Å². The monoisotopic (exact) mass is 756 g/mol. The Balaban J connectivity index is 1.11. The van der Waals surface area contributed by atoms with Crippen molar-refractivity contribution in [2.45, 2.75) is 0 Å². The lowest BCUT2D eigenvalue weighted by atomic mass is 10.0. The first-order valence-electron chi connectivity index (χ1n) is 19.9. The molecule has 5 nitrogen and oxygen atoms in total. The van der Waals surface area contributed by atoms with E-state index in [1.807, 2.05) is 24.3 Å². The molecule has 0 radical (unpaired) electrons. The summed E-state index contributed by atoms with van der Waals surface area (Å²) in [4.78, 5) is 2.29. The van der Waals surface area contributed by atoms with Crippen LogP contribution >= 0.6 is 0 Å². The van der Waals surface area contributed by atoms with E-state index in [4.69, 9.17) is 13.3 Å². The summed E-state index contributed by atoms with van der Waals surface area (Å²) in [6.45, 7) is 0. The second-order valence-electron chi connectivity index (χ2n) is 15.2. The molecule has 0 aliphatic rings. The normalized spacial score (nSPS) is 12.1. The van der Waals surface area contributed by atoms with E-state index < -0.39 is 0 Å². The van der Waals surface area contributed by atoms with Gasteiger partial charge in [-0.3, -0.25) is 0 Å².